The topological polar surface area (TPSA) is 32.9 Å². The largest absolute Gasteiger partial charge is 0.321 e. The standard InChI is InChI=1S/C16H11NO.C2H6/c18-16-13-8-4-3-7-12(13)14-9-10-5-1-2-6-11(10)15(14)17-16;1-2/h1-8H,9H2,(H,17,18);1-2H3. The van der Waals surface area contributed by atoms with Crippen LogP contribution >= 0.6 is 0 Å². The van der Waals surface area contributed by atoms with E-state index in [2.05, 4.69) is 17.1 Å². The first-order chi connectivity index (χ1) is 9.84. The Balaban J connectivity index is 0.000000581. The molecule has 0 radical (unpaired) electrons. The zero-order chi connectivity index (χ0) is 14.1. The van der Waals surface area contributed by atoms with Gasteiger partial charge in [-0.2, -0.15) is 0 Å². The lowest BCUT2D eigenvalue weighted by Crippen LogP contribution is -2.08. The van der Waals surface area contributed by atoms with E-state index in [0.29, 0.717) is 0 Å². The molecule has 1 aliphatic rings. The Morgan fingerprint density at radius 1 is 0.900 bits per heavy atom. The van der Waals surface area contributed by atoms with E-state index < -0.39 is 0 Å². The van der Waals surface area contributed by atoms with Crippen molar-refractivity contribution in [1.82, 2.24) is 4.98 Å². The van der Waals surface area contributed by atoms with Crippen LogP contribution in [0.1, 0.15) is 25.0 Å². The van der Waals surface area contributed by atoms with E-state index in [-0.39, 0.29) is 5.56 Å². The molecule has 0 aliphatic heterocycles. The number of hydrogen-bond acceptors (Lipinski definition) is 1. The molecule has 0 saturated heterocycles. The van der Waals surface area contributed by atoms with Crippen molar-refractivity contribution in [2.75, 3.05) is 0 Å². The van der Waals surface area contributed by atoms with Crippen molar-refractivity contribution < 1.29 is 0 Å². The lowest BCUT2D eigenvalue weighted by Gasteiger charge is -2.04. The average Bonchev–Trinajstić information content (AvgIpc) is 2.89. The second kappa shape index (κ2) is 4.97. The predicted molar refractivity (Wildman–Crippen MR) is 84.2 cm³/mol. The van der Waals surface area contributed by atoms with Gasteiger partial charge in [-0.05, 0) is 22.6 Å². The van der Waals surface area contributed by atoms with E-state index in [1.54, 1.807) is 0 Å². The van der Waals surface area contributed by atoms with E-state index in [0.717, 1.165) is 28.5 Å². The van der Waals surface area contributed by atoms with Crippen LogP contribution in [0.2, 0.25) is 0 Å². The number of aromatic nitrogens is 1. The maximum Gasteiger partial charge on any atom is 0.256 e. The molecule has 1 N–H and O–H groups in total. The highest BCUT2D eigenvalue weighted by atomic mass is 16.1. The zero-order valence-corrected chi connectivity index (χ0v) is 11.7. The Hall–Kier alpha value is -2.35. The van der Waals surface area contributed by atoms with Gasteiger partial charge >= 0.3 is 0 Å². The third-order valence-corrected chi connectivity index (χ3v) is 3.69. The summed E-state index contributed by atoms with van der Waals surface area (Å²) in [6, 6.07) is 16.1. The van der Waals surface area contributed by atoms with Gasteiger partial charge in [0.15, 0.2) is 0 Å². The number of H-pyrrole nitrogens is 1. The fourth-order valence-electron chi connectivity index (χ4n) is 2.86. The molecule has 1 heterocycles. The SMILES string of the molecule is CC.O=c1[nH]c2c(c3ccccc13)Cc1ccccc1-2. The summed E-state index contributed by atoms with van der Waals surface area (Å²) in [6.45, 7) is 4.00. The highest BCUT2D eigenvalue weighted by Gasteiger charge is 2.21. The minimum Gasteiger partial charge on any atom is -0.321 e. The summed E-state index contributed by atoms with van der Waals surface area (Å²) in [4.78, 5) is 15.1. The second-order valence-corrected chi connectivity index (χ2v) is 4.69. The van der Waals surface area contributed by atoms with Gasteiger partial charge in [-0.1, -0.05) is 56.3 Å². The highest BCUT2D eigenvalue weighted by molar-refractivity contribution is 5.92. The van der Waals surface area contributed by atoms with Gasteiger partial charge in [0.25, 0.3) is 5.56 Å². The minimum absolute atomic E-state index is 0.000975. The fourth-order valence-corrected chi connectivity index (χ4v) is 2.86. The van der Waals surface area contributed by atoms with Crippen molar-refractivity contribution >= 4 is 10.8 Å². The first-order valence-electron chi connectivity index (χ1n) is 7.07. The maximum absolute atomic E-state index is 12.1. The molecule has 0 atom stereocenters. The normalized spacial score (nSPS) is 11.5. The third-order valence-electron chi connectivity index (χ3n) is 3.69. The van der Waals surface area contributed by atoms with Gasteiger partial charge < -0.3 is 4.98 Å². The predicted octanol–water partition coefficient (Wildman–Crippen LogP) is 4.13. The van der Waals surface area contributed by atoms with Crippen LogP contribution in [0.3, 0.4) is 0 Å². The van der Waals surface area contributed by atoms with Crippen LogP contribution < -0.4 is 5.56 Å². The number of pyridine rings is 1. The van der Waals surface area contributed by atoms with Gasteiger partial charge in [0, 0.05) is 17.4 Å². The average molecular weight is 263 g/mol. The van der Waals surface area contributed by atoms with E-state index >= 15 is 0 Å². The molecule has 2 heteroatoms. The maximum atomic E-state index is 12.1. The molecule has 20 heavy (non-hydrogen) atoms. The van der Waals surface area contributed by atoms with Gasteiger partial charge in [-0.25, -0.2) is 0 Å². The van der Waals surface area contributed by atoms with E-state index in [1.807, 2.05) is 50.2 Å². The van der Waals surface area contributed by atoms with Crippen LogP contribution in [0.15, 0.2) is 53.3 Å². The smallest absolute Gasteiger partial charge is 0.256 e. The lowest BCUT2D eigenvalue weighted by atomic mass is 10.0. The second-order valence-electron chi connectivity index (χ2n) is 4.69. The van der Waals surface area contributed by atoms with Crippen molar-refractivity contribution in [3.8, 4) is 11.3 Å². The number of hydrogen-bond donors (Lipinski definition) is 1. The number of rotatable bonds is 0. The van der Waals surface area contributed by atoms with Crippen LogP contribution in [0.5, 0.6) is 0 Å². The number of aromatic amines is 1. The van der Waals surface area contributed by atoms with Crippen LogP contribution in [-0.4, -0.2) is 4.98 Å². The number of fused-ring (bicyclic) bond motifs is 5. The Morgan fingerprint density at radius 2 is 1.55 bits per heavy atom. The Morgan fingerprint density at radius 3 is 2.35 bits per heavy atom. The first kappa shape index (κ1) is 12.7. The first-order valence-corrected chi connectivity index (χ1v) is 7.07. The van der Waals surface area contributed by atoms with Gasteiger partial charge in [0.05, 0.1) is 5.69 Å². The van der Waals surface area contributed by atoms with Crippen LogP contribution in [0.4, 0.5) is 0 Å². The molecule has 2 aromatic carbocycles. The zero-order valence-electron chi connectivity index (χ0n) is 11.7. The van der Waals surface area contributed by atoms with Crippen molar-refractivity contribution in [2.45, 2.75) is 20.3 Å². The summed E-state index contributed by atoms with van der Waals surface area (Å²) in [5, 5.41) is 1.86. The number of nitrogens with one attached hydrogen (secondary N) is 1. The van der Waals surface area contributed by atoms with E-state index in [1.165, 1.54) is 11.1 Å². The Kier molecular flexibility index (Phi) is 3.15. The molecule has 0 spiro atoms. The van der Waals surface area contributed by atoms with E-state index in [4.69, 9.17) is 0 Å². The molecule has 0 bridgehead atoms. The van der Waals surface area contributed by atoms with Crippen LogP contribution in [-0.2, 0) is 6.42 Å². The molecule has 1 aliphatic carbocycles. The summed E-state index contributed by atoms with van der Waals surface area (Å²) in [7, 11) is 0. The van der Waals surface area contributed by atoms with Gasteiger partial charge in [0.2, 0.25) is 0 Å². The summed E-state index contributed by atoms with van der Waals surface area (Å²) in [5.74, 6) is 0. The van der Waals surface area contributed by atoms with Gasteiger partial charge in [-0.15, -0.1) is 0 Å². The van der Waals surface area contributed by atoms with Crippen LogP contribution in [0, 0.1) is 0 Å². The Labute approximate surface area is 118 Å². The van der Waals surface area contributed by atoms with Crippen LogP contribution in [0.25, 0.3) is 22.0 Å². The fraction of sp³-hybridized carbons (Fsp3) is 0.167. The summed E-state index contributed by atoms with van der Waals surface area (Å²) in [6.07, 6.45) is 0.906. The van der Waals surface area contributed by atoms with Gasteiger partial charge in [0.1, 0.15) is 0 Å². The molecule has 0 amide bonds. The molecule has 0 fully saturated rings. The van der Waals surface area contributed by atoms with Crippen molar-refractivity contribution in [2.24, 2.45) is 0 Å². The molecule has 0 unspecified atom stereocenters. The third kappa shape index (κ3) is 1.76. The summed E-state index contributed by atoms with van der Waals surface area (Å²) in [5.41, 5.74) is 4.69. The number of benzene rings is 2. The molecule has 0 saturated carbocycles. The molecule has 4 rings (SSSR count). The van der Waals surface area contributed by atoms with E-state index in [9.17, 15) is 4.79 Å². The monoisotopic (exact) mass is 263 g/mol. The summed E-state index contributed by atoms with van der Waals surface area (Å²) >= 11 is 0. The lowest BCUT2D eigenvalue weighted by molar-refractivity contribution is 1.23. The molecular formula is C18H17NO. The molecular weight excluding hydrogens is 246 g/mol. The van der Waals surface area contributed by atoms with Crippen molar-refractivity contribution in [3.63, 3.8) is 0 Å². The highest BCUT2D eigenvalue weighted by Crippen LogP contribution is 2.37. The van der Waals surface area contributed by atoms with Crippen molar-refractivity contribution in [3.05, 3.63) is 70.0 Å². The van der Waals surface area contributed by atoms with Gasteiger partial charge in [-0.3, -0.25) is 4.79 Å². The van der Waals surface area contributed by atoms with Crippen molar-refractivity contribution in [1.29, 1.82) is 0 Å². The minimum atomic E-state index is 0.000975. The quantitative estimate of drug-likeness (QED) is 0.508. The Bertz CT molecular complexity index is 830. The molecule has 1 aromatic heterocycles. The summed E-state index contributed by atoms with van der Waals surface area (Å²) < 4.78 is 0. The molecule has 3 aromatic rings. The molecule has 100 valence electrons. The molecule has 2 nitrogen and oxygen atoms in total.